The lowest BCUT2D eigenvalue weighted by molar-refractivity contribution is 0.0954. The maximum Gasteiger partial charge on any atom is 0.251 e. The van der Waals surface area contributed by atoms with Crippen LogP contribution < -0.4 is 10.0 Å². The van der Waals surface area contributed by atoms with E-state index in [4.69, 9.17) is 0 Å². The van der Waals surface area contributed by atoms with Crippen molar-refractivity contribution in [1.29, 1.82) is 0 Å². The summed E-state index contributed by atoms with van der Waals surface area (Å²) in [7, 11) is -2.24. The van der Waals surface area contributed by atoms with Crippen LogP contribution in [0.5, 0.6) is 0 Å². The Hall–Kier alpha value is -2.18. The van der Waals surface area contributed by atoms with Crippen LogP contribution in [0.1, 0.15) is 27.0 Å². The van der Waals surface area contributed by atoms with Gasteiger partial charge in [-0.05, 0) is 56.1 Å². The van der Waals surface area contributed by atoms with E-state index < -0.39 is 10.0 Å². The third-order valence-corrected chi connectivity index (χ3v) is 5.52. The lowest BCUT2D eigenvalue weighted by atomic mass is 10.1. The molecule has 2 N–H and O–H groups in total. The molecule has 0 aliphatic heterocycles. The molecule has 0 saturated heterocycles. The Morgan fingerprint density at radius 1 is 1.08 bits per heavy atom. The van der Waals surface area contributed by atoms with Gasteiger partial charge in [0.25, 0.3) is 5.91 Å². The summed E-state index contributed by atoms with van der Waals surface area (Å²) < 4.78 is 26.5. The summed E-state index contributed by atoms with van der Waals surface area (Å²) in [6.45, 7) is 4.02. The van der Waals surface area contributed by atoms with Crippen molar-refractivity contribution in [2.45, 2.75) is 25.2 Å². The van der Waals surface area contributed by atoms with Crippen LogP contribution in [0.15, 0.2) is 47.4 Å². The van der Waals surface area contributed by atoms with Crippen molar-refractivity contribution < 1.29 is 13.2 Å². The van der Waals surface area contributed by atoms with Crippen molar-refractivity contribution in [3.63, 3.8) is 0 Å². The van der Waals surface area contributed by atoms with E-state index in [1.807, 2.05) is 30.3 Å². The summed E-state index contributed by atoms with van der Waals surface area (Å²) in [4.78, 5) is 12.5. The molecule has 0 atom stereocenters. The number of nitrogens with one attached hydrogen (secondary N) is 2. The lowest BCUT2D eigenvalue weighted by Crippen LogP contribution is -2.27. The molecule has 0 unspecified atom stereocenters. The molecule has 0 heterocycles. The van der Waals surface area contributed by atoms with E-state index in [-0.39, 0.29) is 10.8 Å². The van der Waals surface area contributed by atoms with E-state index in [0.29, 0.717) is 17.7 Å². The van der Waals surface area contributed by atoms with Crippen molar-refractivity contribution in [1.82, 2.24) is 10.0 Å². The smallest absolute Gasteiger partial charge is 0.251 e. The Labute approximate surface area is 143 Å². The average Bonchev–Trinajstić information content (AvgIpc) is 2.57. The monoisotopic (exact) mass is 346 g/mol. The molecule has 1 amide bonds. The summed E-state index contributed by atoms with van der Waals surface area (Å²) >= 11 is 0. The van der Waals surface area contributed by atoms with Crippen LogP contribution in [0, 0.1) is 13.8 Å². The predicted molar refractivity (Wildman–Crippen MR) is 94.6 cm³/mol. The van der Waals surface area contributed by atoms with Crippen LogP contribution in [-0.2, 0) is 16.4 Å². The highest BCUT2D eigenvalue weighted by Crippen LogP contribution is 2.21. The summed E-state index contributed by atoms with van der Waals surface area (Å²) in [6, 6.07) is 13.0. The molecular weight excluding hydrogens is 324 g/mol. The Kier molecular flexibility index (Phi) is 5.75. The number of sulfonamides is 1. The largest absolute Gasteiger partial charge is 0.352 e. The molecule has 0 bridgehead atoms. The van der Waals surface area contributed by atoms with Gasteiger partial charge in [-0.3, -0.25) is 4.79 Å². The standard InChI is InChI=1S/C18H22N2O3S/c1-13-11-16(12-17(14(13)2)24(22,23)19-3)18(21)20-10-9-15-7-5-4-6-8-15/h4-8,11-12,19H,9-10H2,1-3H3,(H,20,21). The fraction of sp³-hybridized carbons (Fsp3) is 0.278. The van der Waals surface area contributed by atoms with Crippen molar-refractivity contribution in [3.05, 3.63) is 64.7 Å². The highest BCUT2D eigenvalue weighted by atomic mass is 32.2. The van der Waals surface area contributed by atoms with Gasteiger partial charge in [-0.1, -0.05) is 30.3 Å². The first-order chi connectivity index (χ1) is 11.3. The minimum atomic E-state index is -3.60. The minimum absolute atomic E-state index is 0.137. The zero-order valence-electron chi connectivity index (χ0n) is 14.1. The fourth-order valence-electron chi connectivity index (χ4n) is 2.41. The molecule has 24 heavy (non-hydrogen) atoms. The van der Waals surface area contributed by atoms with Crippen LogP contribution in [-0.4, -0.2) is 27.9 Å². The molecule has 0 saturated carbocycles. The molecule has 0 aromatic heterocycles. The predicted octanol–water partition coefficient (Wildman–Crippen LogP) is 2.18. The second-order valence-corrected chi connectivity index (χ2v) is 7.47. The molecule has 0 aliphatic carbocycles. The third-order valence-electron chi connectivity index (χ3n) is 3.98. The van der Waals surface area contributed by atoms with Gasteiger partial charge in [0.2, 0.25) is 10.0 Å². The van der Waals surface area contributed by atoms with Crippen molar-refractivity contribution in [3.8, 4) is 0 Å². The molecule has 2 rings (SSSR count). The van der Waals surface area contributed by atoms with Crippen molar-refractivity contribution in [2.75, 3.05) is 13.6 Å². The number of amides is 1. The van der Waals surface area contributed by atoms with E-state index >= 15 is 0 Å². The van der Waals surface area contributed by atoms with Gasteiger partial charge in [0, 0.05) is 12.1 Å². The molecule has 128 valence electrons. The highest BCUT2D eigenvalue weighted by molar-refractivity contribution is 7.89. The first-order valence-corrected chi connectivity index (χ1v) is 9.20. The Bertz CT molecular complexity index is 831. The van der Waals surface area contributed by atoms with Gasteiger partial charge >= 0.3 is 0 Å². The van der Waals surface area contributed by atoms with Crippen LogP contribution in [0.25, 0.3) is 0 Å². The summed E-state index contributed by atoms with van der Waals surface area (Å²) in [5, 5.41) is 2.84. The number of benzene rings is 2. The lowest BCUT2D eigenvalue weighted by Gasteiger charge is -2.12. The zero-order valence-corrected chi connectivity index (χ0v) is 14.9. The number of carbonyl (C=O) groups excluding carboxylic acids is 1. The zero-order chi connectivity index (χ0) is 17.7. The third kappa shape index (κ3) is 4.21. The van der Waals surface area contributed by atoms with Gasteiger partial charge in [-0.15, -0.1) is 0 Å². The number of hydrogen-bond donors (Lipinski definition) is 2. The normalized spacial score (nSPS) is 11.3. The molecule has 0 spiro atoms. The van der Waals surface area contributed by atoms with Gasteiger partial charge in [0.15, 0.2) is 0 Å². The number of carbonyl (C=O) groups is 1. The quantitative estimate of drug-likeness (QED) is 0.842. The van der Waals surface area contributed by atoms with E-state index in [1.54, 1.807) is 19.9 Å². The van der Waals surface area contributed by atoms with Crippen molar-refractivity contribution >= 4 is 15.9 Å². The van der Waals surface area contributed by atoms with Gasteiger partial charge in [-0.2, -0.15) is 0 Å². The Balaban J connectivity index is 2.15. The molecule has 5 nitrogen and oxygen atoms in total. The second kappa shape index (κ2) is 7.59. The van der Waals surface area contributed by atoms with Gasteiger partial charge < -0.3 is 5.32 Å². The average molecular weight is 346 g/mol. The van der Waals surface area contributed by atoms with Gasteiger partial charge in [0.05, 0.1) is 4.90 Å². The van der Waals surface area contributed by atoms with Gasteiger partial charge in [-0.25, -0.2) is 13.1 Å². The summed E-state index contributed by atoms with van der Waals surface area (Å²) in [5.41, 5.74) is 2.89. The maximum absolute atomic E-state index is 12.3. The van der Waals surface area contributed by atoms with Crippen LogP contribution in [0.4, 0.5) is 0 Å². The number of hydrogen-bond acceptors (Lipinski definition) is 3. The minimum Gasteiger partial charge on any atom is -0.352 e. The van der Waals surface area contributed by atoms with E-state index in [0.717, 1.165) is 17.5 Å². The molecule has 2 aromatic carbocycles. The Morgan fingerprint density at radius 2 is 1.75 bits per heavy atom. The second-order valence-electron chi connectivity index (χ2n) is 5.62. The van der Waals surface area contributed by atoms with E-state index in [9.17, 15) is 13.2 Å². The molecule has 0 fully saturated rings. The van der Waals surface area contributed by atoms with Gasteiger partial charge in [0.1, 0.15) is 0 Å². The van der Waals surface area contributed by atoms with Crippen molar-refractivity contribution in [2.24, 2.45) is 0 Å². The molecule has 0 radical (unpaired) electrons. The van der Waals surface area contributed by atoms with Crippen LogP contribution in [0.2, 0.25) is 0 Å². The fourth-order valence-corrected chi connectivity index (χ4v) is 3.48. The maximum atomic E-state index is 12.3. The van der Waals surface area contributed by atoms with Crippen LogP contribution >= 0.6 is 0 Å². The first-order valence-electron chi connectivity index (χ1n) is 7.72. The SMILES string of the molecule is CNS(=O)(=O)c1cc(C(=O)NCCc2ccccc2)cc(C)c1C. The molecule has 0 aliphatic rings. The first kappa shape index (κ1) is 18.2. The molecule has 6 heteroatoms. The topological polar surface area (TPSA) is 75.3 Å². The summed E-state index contributed by atoms with van der Waals surface area (Å²) in [6.07, 6.45) is 0.721. The number of aryl methyl sites for hydroxylation is 1. The Morgan fingerprint density at radius 3 is 2.38 bits per heavy atom. The van der Waals surface area contributed by atoms with E-state index in [1.165, 1.54) is 13.1 Å². The summed E-state index contributed by atoms with van der Waals surface area (Å²) in [5.74, 6) is -0.276. The highest BCUT2D eigenvalue weighted by Gasteiger charge is 2.19. The van der Waals surface area contributed by atoms with Crippen LogP contribution in [0.3, 0.4) is 0 Å². The van der Waals surface area contributed by atoms with E-state index in [2.05, 4.69) is 10.0 Å². The molecule has 2 aromatic rings. The molecular formula is C18H22N2O3S. The number of rotatable bonds is 6.